The van der Waals surface area contributed by atoms with E-state index in [1.54, 1.807) is 0 Å². The summed E-state index contributed by atoms with van der Waals surface area (Å²) < 4.78 is 0. The highest BCUT2D eigenvalue weighted by Crippen LogP contribution is 2.43. The second-order valence-corrected chi connectivity index (χ2v) is 6.52. The van der Waals surface area contributed by atoms with Crippen molar-refractivity contribution in [2.24, 2.45) is 0 Å². The van der Waals surface area contributed by atoms with Gasteiger partial charge in [0.25, 0.3) is 0 Å². The van der Waals surface area contributed by atoms with E-state index in [0.29, 0.717) is 0 Å². The highest BCUT2D eigenvalue weighted by atomic mass is 32.1. The minimum Gasteiger partial charge on any atom is -0.241 e. The first-order valence-electron chi connectivity index (χ1n) is 5.27. The number of nitrogens with zero attached hydrogens (tertiary/aromatic N) is 1. The molecule has 0 aromatic carbocycles. The number of thiazole rings is 1. The summed E-state index contributed by atoms with van der Waals surface area (Å²) in [6, 6.07) is 2.26. The normalized spacial score (nSPS) is 15.9. The molecule has 0 N–H and O–H groups in total. The molecule has 2 aromatic heterocycles. The van der Waals surface area contributed by atoms with Gasteiger partial charge in [0.2, 0.25) is 0 Å². The predicted molar refractivity (Wildman–Crippen MR) is 66.9 cm³/mol. The average Bonchev–Trinajstić information content (AvgIpc) is 2.83. The molecule has 1 aliphatic rings. The van der Waals surface area contributed by atoms with E-state index in [0.717, 1.165) is 5.92 Å². The lowest BCUT2D eigenvalue weighted by Gasteiger charge is -1.92. The van der Waals surface area contributed by atoms with Crippen molar-refractivity contribution >= 4 is 22.7 Å². The molecule has 1 saturated carbocycles. The quantitative estimate of drug-likeness (QED) is 0.753. The molecular formula is C12H13NS2. The fraction of sp³-hybridized carbons (Fsp3) is 0.417. The molecule has 0 amide bonds. The average molecular weight is 235 g/mol. The van der Waals surface area contributed by atoms with Gasteiger partial charge in [0, 0.05) is 26.6 Å². The zero-order chi connectivity index (χ0) is 10.4. The third kappa shape index (κ3) is 1.74. The number of rotatable bonds is 2. The van der Waals surface area contributed by atoms with Crippen LogP contribution in [0.4, 0.5) is 0 Å². The summed E-state index contributed by atoms with van der Waals surface area (Å²) in [4.78, 5) is 7.51. The van der Waals surface area contributed by atoms with E-state index < -0.39 is 0 Å². The molecule has 78 valence electrons. The summed E-state index contributed by atoms with van der Waals surface area (Å²) in [5, 5.41) is 3.55. The Morgan fingerprint density at radius 1 is 1.33 bits per heavy atom. The third-order valence-electron chi connectivity index (χ3n) is 2.77. The van der Waals surface area contributed by atoms with E-state index in [9.17, 15) is 0 Å². The molecule has 0 saturated heterocycles. The van der Waals surface area contributed by atoms with E-state index in [1.807, 2.05) is 22.7 Å². The van der Waals surface area contributed by atoms with Crippen LogP contribution >= 0.6 is 22.7 Å². The van der Waals surface area contributed by atoms with Gasteiger partial charge < -0.3 is 0 Å². The largest absolute Gasteiger partial charge is 0.241 e. The van der Waals surface area contributed by atoms with Crippen LogP contribution < -0.4 is 0 Å². The third-order valence-corrected chi connectivity index (χ3v) is 4.74. The van der Waals surface area contributed by atoms with Crippen LogP contribution in [0.1, 0.15) is 33.5 Å². The number of thiophene rings is 1. The predicted octanol–water partition coefficient (Wildman–Crippen LogP) is 4.37. The van der Waals surface area contributed by atoms with Crippen molar-refractivity contribution in [1.82, 2.24) is 4.98 Å². The molecule has 0 radical (unpaired) electrons. The van der Waals surface area contributed by atoms with Crippen molar-refractivity contribution in [3.8, 4) is 11.3 Å². The zero-order valence-corrected chi connectivity index (χ0v) is 10.5. The minimum atomic E-state index is 0.781. The van der Waals surface area contributed by atoms with E-state index in [1.165, 1.54) is 38.9 Å². The van der Waals surface area contributed by atoms with Gasteiger partial charge in [-0.3, -0.25) is 0 Å². The maximum absolute atomic E-state index is 4.74. The van der Waals surface area contributed by atoms with Crippen LogP contribution in [-0.4, -0.2) is 4.98 Å². The summed E-state index contributed by atoms with van der Waals surface area (Å²) in [6.07, 6.45) is 2.68. The number of hydrogen-bond donors (Lipinski definition) is 0. The van der Waals surface area contributed by atoms with Gasteiger partial charge in [0.15, 0.2) is 0 Å². The van der Waals surface area contributed by atoms with Crippen molar-refractivity contribution in [2.45, 2.75) is 32.6 Å². The fourth-order valence-electron chi connectivity index (χ4n) is 1.81. The molecule has 3 heteroatoms. The monoisotopic (exact) mass is 235 g/mol. The van der Waals surface area contributed by atoms with Gasteiger partial charge in [-0.25, -0.2) is 4.98 Å². The SMILES string of the molecule is Cc1cc(-c2csc(C3CC3)n2)c(C)s1. The Morgan fingerprint density at radius 3 is 2.73 bits per heavy atom. The van der Waals surface area contributed by atoms with E-state index in [-0.39, 0.29) is 0 Å². The molecule has 0 bridgehead atoms. The van der Waals surface area contributed by atoms with E-state index in [4.69, 9.17) is 4.98 Å². The van der Waals surface area contributed by atoms with Crippen molar-refractivity contribution in [3.63, 3.8) is 0 Å². The molecule has 2 heterocycles. The van der Waals surface area contributed by atoms with Crippen LogP contribution in [0.15, 0.2) is 11.4 Å². The van der Waals surface area contributed by atoms with E-state index in [2.05, 4.69) is 25.3 Å². The van der Waals surface area contributed by atoms with E-state index >= 15 is 0 Å². The summed E-state index contributed by atoms with van der Waals surface area (Å²) in [5.74, 6) is 0.781. The van der Waals surface area contributed by atoms with Gasteiger partial charge in [0.1, 0.15) is 0 Å². The van der Waals surface area contributed by atoms with Gasteiger partial charge in [0.05, 0.1) is 10.7 Å². The lowest BCUT2D eigenvalue weighted by molar-refractivity contribution is 1.08. The van der Waals surface area contributed by atoms with Crippen LogP contribution in [0, 0.1) is 13.8 Å². The Kier molecular flexibility index (Phi) is 2.18. The first kappa shape index (κ1) is 9.55. The van der Waals surface area contributed by atoms with Gasteiger partial charge in [-0.15, -0.1) is 22.7 Å². The molecule has 1 nitrogen and oxygen atoms in total. The Hall–Kier alpha value is -0.670. The van der Waals surface area contributed by atoms with Crippen LogP contribution in [0.5, 0.6) is 0 Å². The summed E-state index contributed by atoms with van der Waals surface area (Å²) >= 11 is 3.69. The maximum atomic E-state index is 4.74. The Morgan fingerprint density at radius 2 is 2.13 bits per heavy atom. The van der Waals surface area contributed by atoms with Gasteiger partial charge >= 0.3 is 0 Å². The first-order valence-corrected chi connectivity index (χ1v) is 6.96. The molecule has 0 aliphatic heterocycles. The van der Waals surface area contributed by atoms with Gasteiger partial charge in [-0.1, -0.05) is 0 Å². The zero-order valence-electron chi connectivity index (χ0n) is 8.91. The first-order chi connectivity index (χ1) is 7.24. The molecular weight excluding hydrogens is 222 g/mol. The van der Waals surface area contributed by atoms with Gasteiger partial charge in [-0.2, -0.15) is 0 Å². The molecule has 0 unspecified atom stereocenters. The second kappa shape index (κ2) is 3.42. The molecule has 2 aromatic rings. The highest BCUT2D eigenvalue weighted by molar-refractivity contribution is 7.12. The summed E-state index contributed by atoms with van der Waals surface area (Å²) in [7, 11) is 0. The standard InChI is InChI=1S/C12H13NS2/c1-7-5-10(8(2)15-7)11-6-14-12(13-11)9-3-4-9/h5-6,9H,3-4H2,1-2H3. The molecule has 1 fully saturated rings. The van der Waals surface area contributed by atoms with Crippen molar-refractivity contribution < 1.29 is 0 Å². The van der Waals surface area contributed by atoms with Crippen LogP contribution in [0.25, 0.3) is 11.3 Å². The van der Waals surface area contributed by atoms with Crippen molar-refractivity contribution in [1.29, 1.82) is 0 Å². The Labute approximate surface area is 97.8 Å². The molecule has 0 atom stereocenters. The highest BCUT2D eigenvalue weighted by Gasteiger charge is 2.26. The van der Waals surface area contributed by atoms with Crippen molar-refractivity contribution in [2.75, 3.05) is 0 Å². The lowest BCUT2D eigenvalue weighted by Crippen LogP contribution is -1.79. The molecule has 15 heavy (non-hydrogen) atoms. The Bertz CT molecular complexity index is 491. The summed E-state index contributed by atoms with van der Waals surface area (Å²) in [5.41, 5.74) is 2.52. The van der Waals surface area contributed by atoms with Crippen LogP contribution in [-0.2, 0) is 0 Å². The Balaban J connectivity index is 2.00. The van der Waals surface area contributed by atoms with Crippen LogP contribution in [0.3, 0.4) is 0 Å². The van der Waals surface area contributed by atoms with Crippen molar-refractivity contribution in [3.05, 3.63) is 26.2 Å². The number of aryl methyl sites for hydroxylation is 2. The topological polar surface area (TPSA) is 12.9 Å². The molecule has 0 spiro atoms. The molecule has 1 aliphatic carbocycles. The minimum absolute atomic E-state index is 0.781. The molecule has 3 rings (SSSR count). The van der Waals surface area contributed by atoms with Gasteiger partial charge in [-0.05, 0) is 32.8 Å². The fourth-order valence-corrected chi connectivity index (χ4v) is 3.74. The number of aromatic nitrogens is 1. The lowest BCUT2D eigenvalue weighted by atomic mass is 10.2. The smallest absolute Gasteiger partial charge is 0.0963 e. The van der Waals surface area contributed by atoms with Crippen LogP contribution in [0.2, 0.25) is 0 Å². The second-order valence-electron chi connectivity index (χ2n) is 4.17. The summed E-state index contributed by atoms with van der Waals surface area (Å²) in [6.45, 7) is 4.35. The maximum Gasteiger partial charge on any atom is 0.0963 e. The number of hydrogen-bond acceptors (Lipinski definition) is 3.